The SMILES string of the molecule is CC(C)(C)c1ccc(-c2n[nH]c(=S)n2/N=C\C(Br)=C\c2ccccc2)cc1. The zero-order chi connectivity index (χ0) is 19.4. The fourth-order valence-corrected chi connectivity index (χ4v) is 3.10. The Kier molecular flexibility index (Phi) is 5.87. The summed E-state index contributed by atoms with van der Waals surface area (Å²) in [4.78, 5) is 0. The molecule has 0 aliphatic heterocycles. The van der Waals surface area contributed by atoms with Gasteiger partial charge < -0.3 is 0 Å². The molecule has 0 saturated heterocycles. The molecule has 0 unspecified atom stereocenters. The van der Waals surface area contributed by atoms with Crippen molar-refractivity contribution in [2.24, 2.45) is 5.10 Å². The Morgan fingerprint density at radius 2 is 1.78 bits per heavy atom. The lowest BCUT2D eigenvalue weighted by molar-refractivity contribution is 0.590. The van der Waals surface area contributed by atoms with E-state index in [-0.39, 0.29) is 5.41 Å². The third-order valence-corrected chi connectivity index (χ3v) is 4.76. The predicted octanol–water partition coefficient (Wildman–Crippen LogP) is 6.18. The molecule has 3 aromatic rings. The number of rotatable bonds is 4. The van der Waals surface area contributed by atoms with Crippen molar-refractivity contribution in [3.63, 3.8) is 0 Å². The van der Waals surface area contributed by atoms with E-state index in [2.05, 4.69) is 64.1 Å². The van der Waals surface area contributed by atoms with Crippen LogP contribution in [0.4, 0.5) is 0 Å². The Bertz CT molecular complexity index is 1020. The first-order chi connectivity index (χ1) is 12.8. The zero-order valence-corrected chi connectivity index (χ0v) is 17.9. The number of aromatic nitrogens is 3. The van der Waals surface area contributed by atoms with Gasteiger partial charge in [-0.1, -0.05) is 75.4 Å². The Labute approximate surface area is 172 Å². The Morgan fingerprint density at radius 3 is 2.41 bits per heavy atom. The number of halogens is 1. The smallest absolute Gasteiger partial charge is 0.216 e. The first kappa shape index (κ1) is 19.5. The maximum absolute atomic E-state index is 5.34. The van der Waals surface area contributed by atoms with E-state index >= 15 is 0 Å². The fourth-order valence-electron chi connectivity index (χ4n) is 2.56. The number of H-pyrrole nitrogens is 1. The van der Waals surface area contributed by atoms with Crippen LogP contribution in [0, 0.1) is 4.77 Å². The maximum atomic E-state index is 5.34. The number of hydrogen-bond acceptors (Lipinski definition) is 3. The van der Waals surface area contributed by atoms with Gasteiger partial charge in [-0.05, 0) is 50.8 Å². The van der Waals surface area contributed by atoms with E-state index in [1.165, 1.54) is 5.56 Å². The quantitative estimate of drug-likeness (QED) is 0.389. The maximum Gasteiger partial charge on any atom is 0.216 e. The molecule has 0 amide bonds. The number of allylic oxidation sites excluding steroid dienone is 1. The van der Waals surface area contributed by atoms with Gasteiger partial charge in [-0.25, -0.2) is 5.10 Å². The summed E-state index contributed by atoms with van der Waals surface area (Å²) >= 11 is 8.87. The van der Waals surface area contributed by atoms with Crippen LogP contribution in [0.1, 0.15) is 31.9 Å². The van der Waals surface area contributed by atoms with E-state index < -0.39 is 0 Å². The Balaban J connectivity index is 1.89. The topological polar surface area (TPSA) is 46.0 Å². The summed E-state index contributed by atoms with van der Waals surface area (Å²) in [5.74, 6) is 0.678. The lowest BCUT2D eigenvalue weighted by atomic mass is 9.87. The van der Waals surface area contributed by atoms with Crippen LogP contribution >= 0.6 is 28.1 Å². The third-order valence-electron chi connectivity index (χ3n) is 4.06. The Hall–Kier alpha value is -2.31. The molecule has 0 saturated carbocycles. The van der Waals surface area contributed by atoms with Crippen LogP contribution in [0.5, 0.6) is 0 Å². The average molecular weight is 441 g/mol. The van der Waals surface area contributed by atoms with Gasteiger partial charge in [0.05, 0.1) is 6.21 Å². The molecule has 0 radical (unpaired) electrons. The highest BCUT2D eigenvalue weighted by atomic mass is 79.9. The molecule has 6 heteroatoms. The summed E-state index contributed by atoms with van der Waals surface area (Å²) in [6.07, 6.45) is 3.70. The zero-order valence-electron chi connectivity index (χ0n) is 15.5. The minimum atomic E-state index is 0.106. The van der Waals surface area contributed by atoms with E-state index in [9.17, 15) is 0 Å². The molecule has 1 N–H and O–H groups in total. The van der Waals surface area contributed by atoms with Gasteiger partial charge in [0.1, 0.15) is 0 Å². The van der Waals surface area contributed by atoms with Crippen LogP contribution in [0.25, 0.3) is 17.5 Å². The van der Waals surface area contributed by atoms with Gasteiger partial charge in [-0.2, -0.15) is 14.9 Å². The standard InChI is InChI=1S/C21H21BrN4S/c1-21(2,3)17-11-9-16(10-12-17)19-24-25-20(27)26(19)23-14-18(22)13-15-7-5-4-6-8-15/h4-14H,1-3H3,(H,25,27)/b18-13-,23-14-. The first-order valence-electron chi connectivity index (χ1n) is 8.59. The lowest BCUT2D eigenvalue weighted by Crippen LogP contribution is -2.10. The molecule has 4 nitrogen and oxygen atoms in total. The normalized spacial score (nSPS) is 12.7. The largest absolute Gasteiger partial charge is 0.250 e. The monoisotopic (exact) mass is 440 g/mol. The number of nitrogens with zero attached hydrogens (tertiary/aromatic N) is 3. The van der Waals surface area contributed by atoms with Crippen LogP contribution in [-0.4, -0.2) is 21.1 Å². The number of aromatic amines is 1. The minimum Gasteiger partial charge on any atom is -0.250 e. The molecule has 2 aromatic carbocycles. The molecule has 0 bridgehead atoms. The molecule has 0 aliphatic rings. The van der Waals surface area contributed by atoms with Crippen molar-refractivity contribution in [3.05, 3.63) is 75.0 Å². The van der Waals surface area contributed by atoms with Crippen LogP contribution in [0.2, 0.25) is 0 Å². The summed E-state index contributed by atoms with van der Waals surface area (Å²) in [7, 11) is 0. The number of nitrogens with one attached hydrogen (secondary N) is 1. The summed E-state index contributed by atoms with van der Waals surface area (Å²) < 4.78 is 2.91. The van der Waals surface area contributed by atoms with Crippen LogP contribution in [-0.2, 0) is 5.41 Å². The molecule has 0 fully saturated rings. The summed E-state index contributed by atoms with van der Waals surface area (Å²) in [6.45, 7) is 6.58. The van der Waals surface area contributed by atoms with Crippen molar-refractivity contribution < 1.29 is 0 Å². The third kappa shape index (κ3) is 4.90. The second-order valence-electron chi connectivity index (χ2n) is 7.18. The van der Waals surface area contributed by atoms with E-state index in [1.54, 1.807) is 10.9 Å². The predicted molar refractivity (Wildman–Crippen MR) is 119 cm³/mol. The number of benzene rings is 2. The average Bonchev–Trinajstić information content (AvgIpc) is 3.01. The molecule has 3 rings (SSSR count). The molecule has 1 aromatic heterocycles. The second-order valence-corrected chi connectivity index (χ2v) is 8.48. The van der Waals surface area contributed by atoms with Crippen molar-refractivity contribution in [3.8, 4) is 11.4 Å². The first-order valence-corrected chi connectivity index (χ1v) is 9.80. The minimum absolute atomic E-state index is 0.106. The summed E-state index contributed by atoms with van der Waals surface area (Å²) in [5.41, 5.74) is 3.42. The molecule has 0 spiro atoms. The van der Waals surface area contributed by atoms with Crippen molar-refractivity contribution in [1.82, 2.24) is 14.9 Å². The highest BCUT2D eigenvalue weighted by Crippen LogP contribution is 2.25. The highest BCUT2D eigenvalue weighted by molar-refractivity contribution is 9.12. The molecule has 138 valence electrons. The van der Waals surface area contributed by atoms with Crippen LogP contribution in [0.3, 0.4) is 0 Å². The summed E-state index contributed by atoms with van der Waals surface area (Å²) in [6, 6.07) is 18.4. The molecular formula is C21H21BrN4S. The van der Waals surface area contributed by atoms with E-state index in [0.29, 0.717) is 10.6 Å². The van der Waals surface area contributed by atoms with E-state index in [0.717, 1.165) is 15.6 Å². The molecule has 1 heterocycles. The van der Waals surface area contributed by atoms with Gasteiger partial charge in [0, 0.05) is 10.0 Å². The fraction of sp³-hybridized carbons (Fsp3) is 0.190. The van der Waals surface area contributed by atoms with E-state index in [1.807, 2.05) is 48.5 Å². The van der Waals surface area contributed by atoms with Gasteiger partial charge in [0.2, 0.25) is 4.77 Å². The Morgan fingerprint density at radius 1 is 1.11 bits per heavy atom. The second kappa shape index (κ2) is 8.15. The van der Waals surface area contributed by atoms with Gasteiger partial charge in [-0.15, -0.1) is 0 Å². The van der Waals surface area contributed by atoms with Gasteiger partial charge in [0.25, 0.3) is 0 Å². The molecular weight excluding hydrogens is 420 g/mol. The molecule has 0 aliphatic carbocycles. The summed E-state index contributed by atoms with van der Waals surface area (Å²) in [5, 5.41) is 11.6. The van der Waals surface area contributed by atoms with Gasteiger partial charge in [0.15, 0.2) is 5.82 Å². The van der Waals surface area contributed by atoms with Gasteiger partial charge in [-0.3, -0.25) is 0 Å². The lowest BCUT2D eigenvalue weighted by Gasteiger charge is -2.18. The highest BCUT2D eigenvalue weighted by Gasteiger charge is 2.14. The van der Waals surface area contributed by atoms with Crippen molar-refractivity contribution in [2.75, 3.05) is 0 Å². The van der Waals surface area contributed by atoms with Crippen LogP contribution < -0.4 is 0 Å². The van der Waals surface area contributed by atoms with Gasteiger partial charge >= 0.3 is 0 Å². The molecule has 0 atom stereocenters. The van der Waals surface area contributed by atoms with E-state index in [4.69, 9.17) is 12.2 Å². The number of hydrogen-bond donors (Lipinski definition) is 1. The van der Waals surface area contributed by atoms with Crippen molar-refractivity contribution in [2.45, 2.75) is 26.2 Å². The van der Waals surface area contributed by atoms with Crippen LogP contribution in [0.15, 0.2) is 64.2 Å². The molecule has 27 heavy (non-hydrogen) atoms. The van der Waals surface area contributed by atoms with Crippen molar-refractivity contribution >= 4 is 40.4 Å². The van der Waals surface area contributed by atoms with Crippen molar-refractivity contribution in [1.29, 1.82) is 0 Å².